The Hall–Kier alpha value is -3.58. The predicted octanol–water partition coefficient (Wildman–Crippen LogP) is 4.07. The Morgan fingerprint density at radius 3 is 2.65 bits per heavy atom. The Morgan fingerprint density at radius 2 is 1.85 bits per heavy atom. The van der Waals surface area contributed by atoms with Crippen LogP contribution in [0.5, 0.6) is 0 Å². The summed E-state index contributed by atoms with van der Waals surface area (Å²) < 4.78 is 1.70. The average Bonchev–Trinajstić information content (AvgIpc) is 3.29. The van der Waals surface area contributed by atoms with Gasteiger partial charge in [0.2, 0.25) is 0 Å². The highest BCUT2D eigenvalue weighted by Gasteiger charge is 2.20. The SMILES string of the molecule is Cc1ccc(CN2CCC(CNC(=O)c3ccc(C)c(-n4nnc5cccnc54)c3)CC2)cc1. The number of hydrogen-bond donors (Lipinski definition) is 1. The summed E-state index contributed by atoms with van der Waals surface area (Å²) in [6, 6.07) is 18.2. The lowest BCUT2D eigenvalue weighted by molar-refractivity contribution is 0.0935. The molecule has 2 aromatic carbocycles. The number of aromatic nitrogens is 4. The van der Waals surface area contributed by atoms with Crippen LogP contribution >= 0.6 is 0 Å². The van der Waals surface area contributed by atoms with Crippen molar-refractivity contribution < 1.29 is 4.79 Å². The molecule has 1 N–H and O–H groups in total. The minimum absolute atomic E-state index is 0.0549. The van der Waals surface area contributed by atoms with Crippen LogP contribution in [0.3, 0.4) is 0 Å². The highest BCUT2D eigenvalue weighted by Crippen LogP contribution is 2.21. The van der Waals surface area contributed by atoms with Gasteiger partial charge in [0, 0.05) is 24.8 Å². The number of pyridine rings is 1. The molecule has 0 atom stereocenters. The van der Waals surface area contributed by atoms with Gasteiger partial charge in [0.05, 0.1) is 5.69 Å². The van der Waals surface area contributed by atoms with E-state index in [1.165, 1.54) is 11.1 Å². The summed E-state index contributed by atoms with van der Waals surface area (Å²) in [4.78, 5) is 19.8. The Bertz CT molecular complexity index is 1290. The molecular weight excluding hydrogens is 424 g/mol. The highest BCUT2D eigenvalue weighted by molar-refractivity contribution is 5.95. The molecule has 34 heavy (non-hydrogen) atoms. The molecule has 7 nitrogen and oxygen atoms in total. The molecule has 0 aliphatic carbocycles. The maximum absolute atomic E-state index is 12.9. The first kappa shape index (κ1) is 22.2. The van der Waals surface area contributed by atoms with Crippen molar-refractivity contribution in [1.29, 1.82) is 0 Å². The number of hydrogen-bond acceptors (Lipinski definition) is 5. The largest absolute Gasteiger partial charge is 0.352 e. The van der Waals surface area contributed by atoms with Gasteiger partial charge in [-0.05, 0) is 81.1 Å². The van der Waals surface area contributed by atoms with Crippen molar-refractivity contribution in [3.05, 3.63) is 83.0 Å². The van der Waals surface area contributed by atoms with Crippen LogP contribution in [-0.2, 0) is 6.54 Å². The number of aryl methyl sites for hydroxylation is 2. The summed E-state index contributed by atoms with van der Waals surface area (Å²) in [7, 11) is 0. The van der Waals surface area contributed by atoms with E-state index < -0.39 is 0 Å². The molecule has 7 heteroatoms. The molecule has 5 rings (SSSR count). The van der Waals surface area contributed by atoms with Gasteiger partial charge in [-0.1, -0.05) is 41.1 Å². The standard InChI is InChI=1S/C27H30N6O/c1-19-5-8-22(9-6-19)18-32-14-11-21(12-15-32)17-29-27(34)23-10-7-20(2)25(16-23)33-26-24(30-31-33)4-3-13-28-26/h3-10,13,16,21H,11-12,14-15,17-18H2,1-2H3,(H,29,34). The molecule has 0 unspecified atom stereocenters. The van der Waals surface area contributed by atoms with E-state index in [1.54, 1.807) is 10.9 Å². The molecule has 1 saturated heterocycles. The average molecular weight is 455 g/mol. The van der Waals surface area contributed by atoms with Crippen LogP contribution < -0.4 is 5.32 Å². The molecule has 2 aromatic heterocycles. The van der Waals surface area contributed by atoms with E-state index in [-0.39, 0.29) is 5.91 Å². The van der Waals surface area contributed by atoms with Gasteiger partial charge in [-0.2, -0.15) is 4.68 Å². The third-order valence-electron chi connectivity index (χ3n) is 6.69. The number of amides is 1. The van der Waals surface area contributed by atoms with Crippen LogP contribution in [0.4, 0.5) is 0 Å². The first-order chi connectivity index (χ1) is 16.6. The quantitative estimate of drug-likeness (QED) is 0.475. The number of nitrogens with zero attached hydrogens (tertiary/aromatic N) is 5. The van der Waals surface area contributed by atoms with Crippen molar-refractivity contribution in [2.45, 2.75) is 33.2 Å². The summed E-state index contributed by atoms with van der Waals surface area (Å²) >= 11 is 0. The second kappa shape index (κ2) is 9.73. The Morgan fingerprint density at radius 1 is 1.06 bits per heavy atom. The summed E-state index contributed by atoms with van der Waals surface area (Å²) in [5.41, 5.74) is 6.52. The molecule has 1 aliphatic rings. The molecule has 0 bridgehead atoms. The molecule has 0 spiro atoms. The molecule has 1 aliphatic heterocycles. The number of likely N-dealkylation sites (tertiary alicyclic amines) is 1. The second-order valence-corrected chi connectivity index (χ2v) is 9.26. The third-order valence-corrected chi connectivity index (χ3v) is 6.69. The Balaban J connectivity index is 1.18. The Kier molecular flexibility index (Phi) is 6.36. The summed E-state index contributed by atoms with van der Waals surface area (Å²) in [6.07, 6.45) is 3.92. The van der Waals surface area contributed by atoms with Gasteiger partial charge in [-0.25, -0.2) is 4.98 Å². The van der Waals surface area contributed by atoms with Crippen LogP contribution in [0.2, 0.25) is 0 Å². The number of carbonyl (C=O) groups excluding carboxylic acids is 1. The smallest absolute Gasteiger partial charge is 0.251 e. The zero-order valence-corrected chi connectivity index (χ0v) is 19.7. The lowest BCUT2D eigenvalue weighted by atomic mass is 9.96. The zero-order chi connectivity index (χ0) is 23.5. The summed E-state index contributed by atoms with van der Waals surface area (Å²) in [6.45, 7) is 7.95. The highest BCUT2D eigenvalue weighted by atomic mass is 16.1. The van der Waals surface area contributed by atoms with E-state index in [1.807, 2.05) is 37.3 Å². The number of nitrogens with one attached hydrogen (secondary N) is 1. The van der Waals surface area contributed by atoms with Gasteiger partial charge in [-0.3, -0.25) is 9.69 Å². The first-order valence-corrected chi connectivity index (χ1v) is 11.9. The molecular formula is C27H30N6O. The molecule has 4 aromatic rings. The van der Waals surface area contributed by atoms with Crippen LogP contribution in [0.1, 0.15) is 39.9 Å². The van der Waals surface area contributed by atoms with E-state index in [0.717, 1.165) is 49.2 Å². The lowest BCUT2D eigenvalue weighted by Gasteiger charge is -2.32. The van der Waals surface area contributed by atoms with Crippen LogP contribution in [0.15, 0.2) is 60.8 Å². The second-order valence-electron chi connectivity index (χ2n) is 9.26. The lowest BCUT2D eigenvalue weighted by Crippen LogP contribution is -2.38. The number of benzene rings is 2. The fraction of sp³-hybridized carbons (Fsp3) is 0.333. The van der Waals surface area contributed by atoms with Crippen LogP contribution in [-0.4, -0.2) is 50.4 Å². The number of piperidine rings is 1. The number of fused-ring (bicyclic) bond motifs is 1. The fourth-order valence-electron chi connectivity index (χ4n) is 4.55. The van der Waals surface area contributed by atoms with E-state index in [4.69, 9.17) is 0 Å². The van der Waals surface area contributed by atoms with Crippen molar-refractivity contribution in [2.75, 3.05) is 19.6 Å². The molecule has 1 amide bonds. The Labute approximate surface area is 199 Å². The predicted molar refractivity (Wildman–Crippen MR) is 133 cm³/mol. The number of rotatable bonds is 6. The van der Waals surface area contributed by atoms with Gasteiger partial charge in [-0.15, -0.1) is 5.10 Å². The third kappa shape index (κ3) is 4.84. The van der Waals surface area contributed by atoms with Crippen molar-refractivity contribution >= 4 is 17.1 Å². The molecule has 3 heterocycles. The van der Waals surface area contributed by atoms with Crippen molar-refractivity contribution in [3.63, 3.8) is 0 Å². The van der Waals surface area contributed by atoms with Gasteiger partial charge < -0.3 is 5.32 Å². The summed E-state index contributed by atoms with van der Waals surface area (Å²) in [5.74, 6) is 0.451. The fourth-order valence-corrected chi connectivity index (χ4v) is 4.55. The van der Waals surface area contributed by atoms with Crippen molar-refractivity contribution in [1.82, 2.24) is 30.2 Å². The van der Waals surface area contributed by atoms with Crippen LogP contribution in [0.25, 0.3) is 16.9 Å². The van der Waals surface area contributed by atoms with E-state index in [9.17, 15) is 4.79 Å². The molecule has 0 radical (unpaired) electrons. The maximum Gasteiger partial charge on any atom is 0.251 e. The van der Waals surface area contributed by atoms with E-state index in [2.05, 4.69) is 56.7 Å². The zero-order valence-electron chi connectivity index (χ0n) is 19.7. The monoisotopic (exact) mass is 454 g/mol. The maximum atomic E-state index is 12.9. The van der Waals surface area contributed by atoms with Crippen molar-refractivity contribution in [2.24, 2.45) is 5.92 Å². The van der Waals surface area contributed by atoms with Gasteiger partial charge in [0.15, 0.2) is 5.65 Å². The van der Waals surface area contributed by atoms with E-state index >= 15 is 0 Å². The topological polar surface area (TPSA) is 75.9 Å². The number of carbonyl (C=O) groups is 1. The van der Waals surface area contributed by atoms with Crippen molar-refractivity contribution in [3.8, 4) is 5.69 Å². The van der Waals surface area contributed by atoms with Crippen LogP contribution in [0, 0.1) is 19.8 Å². The van der Waals surface area contributed by atoms with Gasteiger partial charge >= 0.3 is 0 Å². The van der Waals surface area contributed by atoms with Gasteiger partial charge in [0.1, 0.15) is 5.52 Å². The molecule has 174 valence electrons. The first-order valence-electron chi connectivity index (χ1n) is 11.9. The van der Waals surface area contributed by atoms with Gasteiger partial charge in [0.25, 0.3) is 5.91 Å². The molecule has 0 saturated carbocycles. The van der Waals surface area contributed by atoms with E-state index in [0.29, 0.717) is 23.7 Å². The summed E-state index contributed by atoms with van der Waals surface area (Å²) in [5, 5.41) is 11.6. The molecule has 1 fully saturated rings. The normalized spacial score (nSPS) is 15.0. The minimum Gasteiger partial charge on any atom is -0.352 e. The minimum atomic E-state index is -0.0549.